The SMILES string of the molecule is c1ccc(-c2ccc(-c3nc(-c4ccccc4)nc(-c4ccc(-c5nc6ccccc6c6c7c(ccc56)C5(c6ccccc6S7)c6ccccc6-c6ccccc65)cc4)n3)cc2)cc1.c1ccc(-c2nc(-c3ccccc3)nc(-c3ccc(-c4nc5ccccc5c5c6c(ccc45)C4(c5ccccc5S6)c5ccccc5-c5ccccc54)cc3)n2)cc1. The lowest BCUT2D eigenvalue weighted by atomic mass is 9.67. The average molecular weight is 1590 g/mol. The molecule has 8 nitrogen and oxygen atoms in total. The monoisotopic (exact) mass is 1590 g/mol. The van der Waals surface area contributed by atoms with Crippen LogP contribution in [0, 0.1) is 0 Å². The van der Waals surface area contributed by atoms with Crippen molar-refractivity contribution in [3.05, 3.63) is 457 Å². The first-order valence-electron chi connectivity index (χ1n) is 41.2. The third-order valence-electron chi connectivity index (χ3n) is 24.8. The number of hydrogen-bond donors (Lipinski definition) is 0. The van der Waals surface area contributed by atoms with Gasteiger partial charge in [0.15, 0.2) is 34.9 Å². The van der Waals surface area contributed by atoms with Crippen LogP contribution in [0.4, 0.5) is 0 Å². The molecule has 0 unspecified atom stereocenters. The Labute approximate surface area is 713 Å². The van der Waals surface area contributed by atoms with E-state index in [4.69, 9.17) is 39.9 Å². The molecule has 4 aliphatic rings. The molecule has 0 saturated heterocycles. The summed E-state index contributed by atoms with van der Waals surface area (Å²) >= 11 is 3.78. The molecule has 21 aromatic rings. The molecule has 17 aromatic carbocycles. The van der Waals surface area contributed by atoms with Gasteiger partial charge in [0.25, 0.3) is 0 Å². The van der Waals surface area contributed by atoms with E-state index in [1.165, 1.54) is 103 Å². The zero-order chi connectivity index (χ0) is 80.4. The minimum absolute atomic E-state index is 0.452. The highest BCUT2D eigenvalue weighted by Gasteiger charge is 2.52. The largest absolute Gasteiger partial charge is 0.247 e. The molecule has 2 aliphatic carbocycles. The normalized spacial score (nSPS) is 13.1. The average Bonchev–Trinajstić information content (AvgIpc) is 1.48. The molecule has 4 aromatic heterocycles. The molecule has 0 saturated carbocycles. The number of pyridine rings is 2. The van der Waals surface area contributed by atoms with Crippen molar-refractivity contribution >= 4 is 66.9 Å². The maximum Gasteiger partial charge on any atom is 0.164 e. The van der Waals surface area contributed by atoms with Crippen LogP contribution in [0.25, 0.3) is 168 Å². The maximum absolute atomic E-state index is 5.42. The minimum Gasteiger partial charge on any atom is -0.247 e. The molecule has 25 rings (SSSR count). The summed E-state index contributed by atoms with van der Waals surface area (Å²) in [5.74, 6) is 3.79. The second kappa shape index (κ2) is 28.8. The van der Waals surface area contributed by atoms with Crippen molar-refractivity contribution in [3.8, 4) is 124 Å². The molecule has 10 heteroatoms. The molecule has 0 bridgehead atoms. The lowest BCUT2D eigenvalue weighted by molar-refractivity contribution is 0.726. The van der Waals surface area contributed by atoms with Gasteiger partial charge < -0.3 is 0 Å². The number of rotatable bonds is 9. The Balaban J connectivity index is 0.000000139. The standard InChI is InChI=1S/C59H36N4S.C53H32N4S/c1-3-15-37(16-4-1)38-27-31-41(32-28-38)57-61-56(40-17-5-2-6-18-40)62-58(63-57)42-33-29-39(30-34-42)54-46-35-36-50-55(53(46)45-21-9-13-25-51(45)60-54)64-52-26-14-12-24-49(52)59(50)47-22-10-7-19-43(47)44-20-8-11-23-48(44)59;1-3-15-34(16-4-1)50-55-51(35-17-5-2-6-18-35)57-52(56-50)36-29-27-33(28-30-36)48-40-31-32-44-49(47(40)39-21-9-13-25-45(39)54-48)58-46-26-14-12-24-43(46)53(44)41-22-10-7-19-37(41)38-20-8-11-23-42(38)53/h1-36H;1-32H. The fourth-order valence-corrected chi connectivity index (χ4v) is 22.1. The first kappa shape index (κ1) is 71.0. The molecular formula is C112H68N8S2. The number of fused-ring (bicyclic) bond motifs is 26. The smallest absolute Gasteiger partial charge is 0.164 e. The lowest BCUT2D eigenvalue weighted by Gasteiger charge is -2.40. The maximum atomic E-state index is 5.42. The van der Waals surface area contributed by atoms with Gasteiger partial charge in [-0.3, -0.25) is 0 Å². The quantitative estimate of drug-likeness (QED) is 0.130. The van der Waals surface area contributed by atoms with Crippen molar-refractivity contribution in [1.29, 1.82) is 0 Å². The summed E-state index contributed by atoms with van der Waals surface area (Å²) in [4.78, 5) is 45.9. The van der Waals surface area contributed by atoms with E-state index in [0.717, 1.165) is 94.0 Å². The Bertz CT molecular complexity index is 7650. The van der Waals surface area contributed by atoms with Crippen molar-refractivity contribution < 1.29 is 0 Å². The van der Waals surface area contributed by atoms with E-state index >= 15 is 0 Å². The van der Waals surface area contributed by atoms with E-state index in [-0.39, 0.29) is 0 Å². The second-order valence-electron chi connectivity index (χ2n) is 31.4. The van der Waals surface area contributed by atoms with E-state index < -0.39 is 10.8 Å². The van der Waals surface area contributed by atoms with E-state index in [0.29, 0.717) is 34.9 Å². The van der Waals surface area contributed by atoms with Crippen LogP contribution < -0.4 is 0 Å². The van der Waals surface area contributed by atoms with Gasteiger partial charge in [0.1, 0.15) is 0 Å². The lowest BCUT2D eigenvalue weighted by Crippen LogP contribution is -2.32. The molecule has 122 heavy (non-hydrogen) atoms. The van der Waals surface area contributed by atoms with Crippen molar-refractivity contribution in [2.45, 2.75) is 30.4 Å². The van der Waals surface area contributed by atoms with E-state index in [1.807, 2.05) is 121 Å². The molecule has 0 amide bonds. The van der Waals surface area contributed by atoms with Gasteiger partial charge >= 0.3 is 0 Å². The van der Waals surface area contributed by atoms with Gasteiger partial charge in [-0.15, -0.1) is 0 Å². The fraction of sp³-hybridized carbons (Fsp3) is 0.0179. The summed E-state index contributed by atoms with van der Waals surface area (Å²) in [5.41, 5.74) is 28.7. The fourth-order valence-electron chi connectivity index (χ4n) is 19.4. The van der Waals surface area contributed by atoms with Gasteiger partial charge in [-0.25, -0.2) is 39.9 Å². The summed E-state index contributed by atoms with van der Waals surface area (Å²) in [6, 6.07) is 147. The van der Waals surface area contributed by atoms with Gasteiger partial charge in [0, 0.05) is 96.4 Å². The molecule has 2 aliphatic heterocycles. The van der Waals surface area contributed by atoms with Gasteiger partial charge in [-0.05, 0) is 102 Å². The van der Waals surface area contributed by atoms with Crippen LogP contribution >= 0.6 is 23.5 Å². The van der Waals surface area contributed by atoms with Crippen molar-refractivity contribution in [3.63, 3.8) is 0 Å². The summed E-state index contributed by atoms with van der Waals surface area (Å²) in [5, 5.41) is 7.03. The molecule has 0 atom stereocenters. The highest BCUT2D eigenvalue weighted by Crippen LogP contribution is 2.66. The summed E-state index contributed by atoms with van der Waals surface area (Å²) in [6.45, 7) is 0. The van der Waals surface area contributed by atoms with Gasteiger partial charge in [-0.2, -0.15) is 0 Å². The molecule has 6 heterocycles. The van der Waals surface area contributed by atoms with Gasteiger partial charge in [0.2, 0.25) is 0 Å². The third kappa shape index (κ3) is 11.3. The first-order chi connectivity index (χ1) is 60.5. The zero-order valence-electron chi connectivity index (χ0n) is 65.7. The predicted octanol–water partition coefficient (Wildman–Crippen LogP) is 27.8. The van der Waals surface area contributed by atoms with Crippen LogP contribution in [0.5, 0.6) is 0 Å². The van der Waals surface area contributed by atoms with Gasteiger partial charge in [-0.1, -0.05) is 412 Å². The Morgan fingerprint density at radius 2 is 0.410 bits per heavy atom. The van der Waals surface area contributed by atoms with E-state index in [1.54, 1.807) is 0 Å². The molecular weight excluding hydrogens is 1520 g/mol. The number of para-hydroxylation sites is 2. The topological polar surface area (TPSA) is 103 Å². The van der Waals surface area contributed by atoms with Crippen LogP contribution in [0.3, 0.4) is 0 Å². The van der Waals surface area contributed by atoms with Crippen LogP contribution in [-0.2, 0) is 10.8 Å². The molecule has 0 radical (unpaired) electrons. The van der Waals surface area contributed by atoms with E-state index in [2.05, 4.69) is 315 Å². The number of aromatic nitrogens is 8. The zero-order valence-corrected chi connectivity index (χ0v) is 67.3. The predicted molar refractivity (Wildman–Crippen MR) is 497 cm³/mol. The number of hydrogen-bond acceptors (Lipinski definition) is 10. The van der Waals surface area contributed by atoms with Crippen LogP contribution in [0.1, 0.15) is 44.5 Å². The van der Waals surface area contributed by atoms with E-state index in [9.17, 15) is 0 Å². The Morgan fingerprint density at radius 1 is 0.164 bits per heavy atom. The second-order valence-corrected chi connectivity index (χ2v) is 33.5. The third-order valence-corrected chi connectivity index (χ3v) is 27.2. The highest BCUT2D eigenvalue weighted by molar-refractivity contribution is 8.00. The van der Waals surface area contributed by atoms with Crippen LogP contribution in [-0.4, -0.2) is 39.9 Å². The molecule has 568 valence electrons. The Morgan fingerprint density at radius 3 is 0.746 bits per heavy atom. The van der Waals surface area contributed by atoms with Gasteiger partial charge in [0.05, 0.1) is 33.3 Å². The van der Waals surface area contributed by atoms with Crippen LogP contribution in [0.2, 0.25) is 0 Å². The molecule has 2 spiro atoms. The minimum atomic E-state index is -0.462. The molecule has 0 N–H and O–H groups in total. The summed E-state index contributed by atoms with van der Waals surface area (Å²) < 4.78 is 0. The van der Waals surface area contributed by atoms with Crippen LogP contribution in [0.15, 0.2) is 432 Å². The Kier molecular flexibility index (Phi) is 16.8. The number of nitrogens with zero attached hydrogens (tertiary/aromatic N) is 8. The highest BCUT2D eigenvalue weighted by atomic mass is 32.2. The first-order valence-corrected chi connectivity index (χ1v) is 42.8. The summed E-state index contributed by atoms with van der Waals surface area (Å²) in [7, 11) is 0. The summed E-state index contributed by atoms with van der Waals surface area (Å²) in [6.07, 6.45) is 0. The molecule has 0 fully saturated rings. The Hall–Kier alpha value is -15.2. The van der Waals surface area contributed by atoms with Crippen molar-refractivity contribution in [2.75, 3.05) is 0 Å². The van der Waals surface area contributed by atoms with Crippen molar-refractivity contribution in [2.24, 2.45) is 0 Å². The van der Waals surface area contributed by atoms with Crippen molar-refractivity contribution in [1.82, 2.24) is 39.9 Å². The number of benzene rings is 17.